The third-order valence-corrected chi connectivity index (χ3v) is 6.55. The average molecular weight is 326 g/mol. The summed E-state index contributed by atoms with van der Waals surface area (Å²) < 4.78 is 0. The molecule has 3 fully saturated rings. The highest BCUT2D eigenvalue weighted by Gasteiger charge is 2.41. The second-order valence-corrected chi connectivity index (χ2v) is 8.02. The van der Waals surface area contributed by atoms with Crippen LogP contribution in [0.2, 0.25) is 0 Å². The summed E-state index contributed by atoms with van der Waals surface area (Å²) in [6.07, 6.45) is 5.91. The van der Waals surface area contributed by atoms with Crippen molar-refractivity contribution in [1.29, 1.82) is 0 Å². The number of likely N-dealkylation sites (tertiary alicyclic amines) is 1. The van der Waals surface area contributed by atoms with Crippen molar-refractivity contribution in [2.75, 3.05) is 24.5 Å². The van der Waals surface area contributed by atoms with Gasteiger partial charge in [-0.3, -0.25) is 4.90 Å². The number of hydrogen-bond donors (Lipinski definition) is 0. The Balaban J connectivity index is 1.27. The highest BCUT2D eigenvalue weighted by atomic mass is 32.1. The topological polar surface area (TPSA) is 32.3 Å². The third-order valence-electron chi connectivity index (χ3n) is 5.50. The maximum atomic E-state index is 4.88. The molecular formula is C18H22N4S. The summed E-state index contributed by atoms with van der Waals surface area (Å²) in [5.74, 6) is 2.70. The lowest BCUT2D eigenvalue weighted by atomic mass is 10.1. The number of thiazole rings is 1. The van der Waals surface area contributed by atoms with Crippen molar-refractivity contribution in [3.05, 3.63) is 40.5 Å². The molecule has 2 aromatic heterocycles. The predicted molar refractivity (Wildman–Crippen MR) is 92.8 cm³/mol. The van der Waals surface area contributed by atoms with Crippen molar-refractivity contribution < 1.29 is 0 Å². The molecule has 4 nitrogen and oxygen atoms in total. The Morgan fingerprint density at radius 2 is 2.13 bits per heavy atom. The van der Waals surface area contributed by atoms with E-state index in [1.807, 2.05) is 23.6 Å². The molecule has 2 aromatic rings. The number of fused-ring (bicyclic) bond motifs is 1. The van der Waals surface area contributed by atoms with Gasteiger partial charge in [-0.25, -0.2) is 9.97 Å². The fourth-order valence-corrected chi connectivity index (χ4v) is 5.08. The quantitative estimate of drug-likeness (QED) is 0.864. The molecule has 1 saturated carbocycles. The lowest BCUT2D eigenvalue weighted by Gasteiger charge is -2.24. The number of anilines is 1. The highest BCUT2D eigenvalue weighted by molar-refractivity contribution is 7.09. The number of nitrogens with zero attached hydrogens (tertiary/aromatic N) is 4. The second kappa shape index (κ2) is 5.56. The van der Waals surface area contributed by atoms with E-state index in [-0.39, 0.29) is 0 Å². The zero-order valence-corrected chi connectivity index (χ0v) is 14.1. The zero-order chi connectivity index (χ0) is 15.2. The van der Waals surface area contributed by atoms with Crippen molar-refractivity contribution in [2.45, 2.75) is 37.8 Å². The van der Waals surface area contributed by atoms with Crippen LogP contribution in [0, 0.1) is 5.92 Å². The number of pyridine rings is 1. The molecular weight excluding hydrogens is 304 g/mol. The fourth-order valence-electron chi connectivity index (χ4n) is 4.09. The fraction of sp³-hybridized carbons (Fsp3) is 0.556. The summed E-state index contributed by atoms with van der Waals surface area (Å²) in [6, 6.07) is 6.88. The molecule has 2 unspecified atom stereocenters. The second-order valence-electron chi connectivity index (χ2n) is 7.13. The first-order chi connectivity index (χ1) is 11.4. The van der Waals surface area contributed by atoms with Gasteiger partial charge in [0.25, 0.3) is 0 Å². The van der Waals surface area contributed by atoms with Crippen molar-refractivity contribution in [3.63, 3.8) is 0 Å². The van der Waals surface area contributed by atoms with Crippen LogP contribution in [0.1, 0.15) is 35.9 Å². The molecule has 0 amide bonds. The van der Waals surface area contributed by atoms with Gasteiger partial charge in [-0.1, -0.05) is 6.07 Å². The van der Waals surface area contributed by atoms with E-state index in [1.54, 1.807) is 0 Å². The van der Waals surface area contributed by atoms with E-state index < -0.39 is 0 Å². The Morgan fingerprint density at radius 3 is 2.96 bits per heavy atom. The van der Waals surface area contributed by atoms with Crippen molar-refractivity contribution in [2.24, 2.45) is 5.92 Å². The summed E-state index contributed by atoms with van der Waals surface area (Å²) in [4.78, 5) is 14.5. The number of aromatic nitrogens is 2. The van der Waals surface area contributed by atoms with E-state index >= 15 is 0 Å². The minimum atomic E-state index is 0.670. The van der Waals surface area contributed by atoms with Crippen LogP contribution in [0.15, 0.2) is 29.8 Å². The van der Waals surface area contributed by atoms with E-state index in [0.29, 0.717) is 6.04 Å². The van der Waals surface area contributed by atoms with Gasteiger partial charge in [0.2, 0.25) is 0 Å². The van der Waals surface area contributed by atoms with E-state index in [2.05, 4.69) is 32.3 Å². The standard InChI is InChI=1S/C18H22N4S/c1-2-7-19-17(3-1)22-9-14-6-8-21(16(14)11-22)10-15-12-23-18(20-15)13-4-5-13/h1-3,7,12-14,16H,4-6,8-11H2. The van der Waals surface area contributed by atoms with Crippen LogP contribution in [0.3, 0.4) is 0 Å². The summed E-state index contributed by atoms with van der Waals surface area (Å²) in [7, 11) is 0. The summed E-state index contributed by atoms with van der Waals surface area (Å²) in [5.41, 5.74) is 1.29. The van der Waals surface area contributed by atoms with Crippen molar-refractivity contribution in [3.8, 4) is 0 Å². The maximum absolute atomic E-state index is 4.88. The Bertz CT molecular complexity index is 681. The number of rotatable bonds is 4. The Labute approximate surface area is 141 Å². The van der Waals surface area contributed by atoms with Gasteiger partial charge in [0.1, 0.15) is 5.82 Å². The van der Waals surface area contributed by atoms with Gasteiger partial charge in [-0.15, -0.1) is 11.3 Å². The molecule has 23 heavy (non-hydrogen) atoms. The summed E-state index contributed by atoms with van der Waals surface area (Å²) in [6.45, 7) is 4.52. The van der Waals surface area contributed by atoms with E-state index in [1.165, 1.54) is 36.5 Å². The molecule has 2 aliphatic heterocycles. The molecule has 0 bridgehead atoms. The van der Waals surface area contributed by atoms with Gasteiger partial charge in [-0.05, 0) is 43.9 Å². The first-order valence-corrected chi connectivity index (χ1v) is 9.59. The van der Waals surface area contributed by atoms with Crippen LogP contribution in [0.4, 0.5) is 5.82 Å². The van der Waals surface area contributed by atoms with Gasteiger partial charge in [0.05, 0.1) is 10.7 Å². The van der Waals surface area contributed by atoms with E-state index in [9.17, 15) is 0 Å². The van der Waals surface area contributed by atoms with Crippen LogP contribution < -0.4 is 4.90 Å². The van der Waals surface area contributed by atoms with Gasteiger partial charge in [0, 0.05) is 43.2 Å². The highest BCUT2D eigenvalue weighted by Crippen LogP contribution is 2.42. The van der Waals surface area contributed by atoms with Crippen LogP contribution in [0.25, 0.3) is 0 Å². The zero-order valence-electron chi connectivity index (χ0n) is 13.3. The van der Waals surface area contributed by atoms with Crippen molar-refractivity contribution >= 4 is 17.2 Å². The van der Waals surface area contributed by atoms with E-state index in [0.717, 1.165) is 37.3 Å². The van der Waals surface area contributed by atoms with Crippen LogP contribution in [-0.2, 0) is 6.54 Å². The molecule has 120 valence electrons. The molecule has 2 atom stereocenters. The lowest BCUT2D eigenvalue weighted by Crippen LogP contribution is -2.35. The molecule has 5 rings (SSSR count). The summed E-state index contributed by atoms with van der Waals surface area (Å²) >= 11 is 1.87. The first-order valence-electron chi connectivity index (χ1n) is 8.71. The molecule has 0 N–H and O–H groups in total. The van der Waals surface area contributed by atoms with Gasteiger partial charge >= 0.3 is 0 Å². The Morgan fingerprint density at radius 1 is 1.17 bits per heavy atom. The first kappa shape index (κ1) is 13.9. The van der Waals surface area contributed by atoms with E-state index in [4.69, 9.17) is 4.98 Å². The smallest absolute Gasteiger partial charge is 0.128 e. The summed E-state index contributed by atoms with van der Waals surface area (Å²) in [5, 5.41) is 3.66. The lowest BCUT2D eigenvalue weighted by molar-refractivity contribution is 0.243. The molecule has 1 aliphatic carbocycles. The van der Waals surface area contributed by atoms with Gasteiger partial charge < -0.3 is 4.90 Å². The van der Waals surface area contributed by atoms with Crippen LogP contribution in [0.5, 0.6) is 0 Å². The SMILES string of the molecule is c1ccc(N2CC3CCN(Cc4csc(C5CC5)n4)C3C2)nc1. The van der Waals surface area contributed by atoms with Gasteiger partial charge in [-0.2, -0.15) is 0 Å². The Kier molecular flexibility index (Phi) is 3.37. The molecule has 0 aromatic carbocycles. The minimum absolute atomic E-state index is 0.670. The molecule has 0 radical (unpaired) electrons. The molecule has 0 spiro atoms. The largest absolute Gasteiger partial charge is 0.355 e. The minimum Gasteiger partial charge on any atom is -0.355 e. The van der Waals surface area contributed by atoms with Gasteiger partial charge in [0.15, 0.2) is 0 Å². The van der Waals surface area contributed by atoms with Crippen LogP contribution in [-0.4, -0.2) is 40.5 Å². The molecule has 4 heterocycles. The Hall–Kier alpha value is -1.46. The number of hydrogen-bond acceptors (Lipinski definition) is 5. The average Bonchev–Trinajstić information content (AvgIpc) is 3.03. The van der Waals surface area contributed by atoms with Crippen LogP contribution >= 0.6 is 11.3 Å². The monoisotopic (exact) mass is 326 g/mol. The molecule has 2 saturated heterocycles. The third kappa shape index (κ3) is 2.66. The maximum Gasteiger partial charge on any atom is 0.128 e. The molecule has 3 aliphatic rings. The van der Waals surface area contributed by atoms with Crippen molar-refractivity contribution in [1.82, 2.24) is 14.9 Å². The molecule has 5 heteroatoms. The predicted octanol–water partition coefficient (Wildman–Crippen LogP) is 3.13. The normalized spacial score (nSPS) is 27.6.